The Hall–Kier alpha value is -2.44. The fourth-order valence-corrected chi connectivity index (χ4v) is 9.43. The molecule has 4 nitrogen and oxygen atoms in total. The molecule has 0 bridgehead atoms. The van der Waals surface area contributed by atoms with Crippen molar-refractivity contribution in [1.82, 2.24) is 9.97 Å². The van der Waals surface area contributed by atoms with Crippen LogP contribution in [0, 0.1) is 0 Å². The molecule has 50 heavy (non-hydrogen) atoms. The molecule has 5 rings (SSSR count). The Balaban J connectivity index is 1.26. The molecule has 0 N–H and O–H groups in total. The van der Waals surface area contributed by atoms with Gasteiger partial charge in [-0.2, -0.15) is 0 Å². The molecule has 0 aliphatic rings. The van der Waals surface area contributed by atoms with Crippen molar-refractivity contribution in [2.75, 3.05) is 0 Å². The summed E-state index contributed by atoms with van der Waals surface area (Å²) in [4.78, 5) is 15.5. The van der Waals surface area contributed by atoms with Gasteiger partial charge in [0.15, 0.2) is 22.9 Å². The van der Waals surface area contributed by atoms with Gasteiger partial charge in [-0.1, -0.05) is 143 Å². The Labute approximate surface area is 310 Å². The van der Waals surface area contributed by atoms with Crippen LogP contribution >= 0.6 is 22.7 Å². The Morgan fingerprint density at radius 1 is 0.440 bits per heavy atom. The molecule has 4 heterocycles. The van der Waals surface area contributed by atoms with Gasteiger partial charge in [0.05, 0.1) is 11.1 Å². The second kappa shape index (κ2) is 21.2. The van der Waals surface area contributed by atoms with Gasteiger partial charge in [-0.3, -0.25) is 0 Å². The number of unbranched alkanes of at least 4 members (excludes halogenated alkanes) is 18. The van der Waals surface area contributed by atoms with Crippen LogP contribution in [0.25, 0.3) is 43.1 Å². The average Bonchev–Trinajstić information content (AvgIpc) is 3.95. The summed E-state index contributed by atoms with van der Waals surface area (Å²) < 4.78 is 13.1. The van der Waals surface area contributed by atoms with Gasteiger partial charge in [0, 0.05) is 32.4 Å². The Bertz CT molecular complexity index is 1510. The topological polar surface area (TPSA) is 52.1 Å². The third-order valence-corrected chi connectivity index (χ3v) is 12.6. The number of rotatable bonds is 26. The van der Waals surface area contributed by atoms with E-state index in [0.717, 1.165) is 70.8 Å². The molecule has 0 unspecified atom stereocenters. The van der Waals surface area contributed by atoms with Gasteiger partial charge in [-0.25, -0.2) is 9.97 Å². The van der Waals surface area contributed by atoms with Crippen LogP contribution in [0.4, 0.5) is 0 Å². The smallest absolute Gasteiger partial charge is 0.195 e. The van der Waals surface area contributed by atoms with Crippen molar-refractivity contribution in [3.05, 3.63) is 45.8 Å². The summed E-state index contributed by atoms with van der Waals surface area (Å²) in [5.74, 6) is 1.55. The van der Waals surface area contributed by atoms with Crippen LogP contribution in [-0.4, -0.2) is 9.97 Å². The van der Waals surface area contributed by atoms with Crippen LogP contribution in [0.5, 0.6) is 0 Å². The van der Waals surface area contributed by atoms with E-state index >= 15 is 0 Å². The predicted octanol–water partition coefficient (Wildman–Crippen LogP) is 15.5. The van der Waals surface area contributed by atoms with Crippen molar-refractivity contribution < 1.29 is 8.83 Å². The fourth-order valence-electron chi connectivity index (χ4n) is 7.25. The highest BCUT2D eigenvalue weighted by Gasteiger charge is 2.27. The van der Waals surface area contributed by atoms with Gasteiger partial charge in [0.2, 0.25) is 0 Å². The summed E-state index contributed by atoms with van der Waals surface area (Å²) in [6.07, 6.45) is 31.1. The fraction of sp³-hybridized carbons (Fsp3) is 0.636. The van der Waals surface area contributed by atoms with Crippen molar-refractivity contribution in [2.45, 2.75) is 182 Å². The summed E-state index contributed by atoms with van der Waals surface area (Å²) in [6.45, 7) is 8.82. The predicted molar refractivity (Wildman–Crippen MR) is 218 cm³/mol. The lowest BCUT2D eigenvalue weighted by molar-refractivity contribution is 0.538. The van der Waals surface area contributed by atoms with Crippen molar-refractivity contribution >= 4 is 44.9 Å². The first-order chi connectivity index (χ1) is 24.7. The number of benzene rings is 1. The van der Waals surface area contributed by atoms with E-state index in [2.05, 4.69) is 52.0 Å². The molecule has 4 aromatic heterocycles. The standard InChI is InChI=1S/C44H64N2O2S2/c1-5-9-11-13-15-17-19-21-23-25-27-33-29-31-35(49-33)39-41-44(48-37(7-3)45-41)40(42-43(39)47-38(8-4)46-42)36-32-30-34(50-36)28-26-24-22-20-18-16-14-12-10-6-2/h29-32H,5-28H2,1-4H3. The van der Waals surface area contributed by atoms with Crippen LogP contribution in [0.1, 0.15) is 178 Å². The van der Waals surface area contributed by atoms with Crippen molar-refractivity contribution in [1.29, 1.82) is 0 Å². The van der Waals surface area contributed by atoms with Gasteiger partial charge in [0.1, 0.15) is 11.0 Å². The second-order valence-electron chi connectivity index (χ2n) is 14.4. The van der Waals surface area contributed by atoms with E-state index in [0.29, 0.717) is 0 Å². The van der Waals surface area contributed by atoms with Crippen LogP contribution < -0.4 is 0 Å². The maximum absolute atomic E-state index is 6.56. The Kier molecular flexibility index (Phi) is 16.4. The summed E-state index contributed by atoms with van der Waals surface area (Å²) in [7, 11) is 0. The van der Waals surface area contributed by atoms with Gasteiger partial charge in [-0.05, 0) is 49.9 Å². The largest absolute Gasteiger partial charge is 0.440 e. The van der Waals surface area contributed by atoms with E-state index in [1.54, 1.807) is 0 Å². The van der Waals surface area contributed by atoms with Crippen LogP contribution in [-0.2, 0) is 25.7 Å². The van der Waals surface area contributed by atoms with Crippen LogP contribution in [0.3, 0.4) is 0 Å². The van der Waals surface area contributed by atoms with Crippen molar-refractivity contribution in [3.63, 3.8) is 0 Å². The van der Waals surface area contributed by atoms with Gasteiger partial charge in [0.25, 0.3) is 0 Å². The van der Waals surface area contributed by atoms with Gasteiger partial charge >= 0.3 is 0 Å². The molecule has 0 saturated heterocycles. The molecule has 0 amide bonds. The maximum Gasteiger partial charge on any atom is 0.195 e. The number of thiophene rings is 2. The van der Waals surface area contributed by atoms with E-state index in [-0.39, 0.29) is 0 Å². The minimum atomic E-state index is 0.755. The first-order valence-electron chi connectivity index (χ1n) is 20.6. The molecule has 0 radical (unpaired) electrons. The third kappa shape index (κ3) is 10.8. The summed E-state index contributed by atoms with van der Waals surface area (Å²) >= 11 is 3.78. The molecule has 0 fully saturated rings. The molecule has 274 valence electrons. The molecule has 0 aliphatic heterocycles. The molecular formula is C44H64N2O2S2. The SMILES string of the molecule is CCCCCCCCCCCCc1ccc(-c2c3nc(CC)oc3c(-c3ccc(CCCCCCCCCCCC)s3)c3nc(CC)oc23)s1. The molecule has 5 aromatic rings. The van der Waals surface area contributed by atoms with E-state index < -0.39 is 0 Å². The lowest BCUT2D eigenvalue weighted by Gasteiger charge is -2.06. The number of hydrogen-bond acceptors (Lipinski definition) is 6. The number of aryl methyl sites for hydroxylation is 4. The Morgan fingerprint density at radius 3 is 1.12 bits per heavy atom. The lowest BCUT2D eigenvalue weighted by Crippen LogP contribution is -1.86. The summed E-state index contributed by atoms with van der Waals surface area (Å²) in [6, 6.07) is 9.18. The van der Waals surface area contributed by atoms with E-state index in [1.807, 2.05) is 22.7 Å². The third-order valence-electron chi connectivity index (χ3n) is 10.2. The number of fused-ring (bicyclic) bond motifs is 2. The molecule has 0 saturated carbocycles. The summed E-state index contributed by atoms with van der Waals surface area (Å²) in [5.41, 5.74) is 5.65. The highest BCUT2D eigenvalue weighted by Crippen LogP contribution is 2.47. The minimum absolute atomic E-state index is 0.755. The molecule has 0 spiro atoms. The first kappa shape index (κ1) is 38.8. The van der Waals surface area contributed by atoms with Crippen molar-refractivity contribution in [3.8, 4) is 20.9 Å². The minimum Gasteiger partial charge on any atom is -0.440 e. The quantitative estimate of drug-likeness (QED) is 0.0535. The molecule has 0 atom stereocenters. The van der Waals surface area contributed by atoms with E-state index in [1.165, 1.54) is 148 Å². The molecule has 1 aromatic carbocycles. The van der Waals surface area contributed by atoms with E-state index in [9.17, 15) is 0 Å². The highest BCUT2D eigenvalue weighted by molar-refractivity contribution is 7.16. The van der Waals surface area contributed by atoms with Gasteiger partial charge < -0.3 is 8.83 Å². The highest BCUT2D eigenvalue weighted by atomic mass is 32.1. The number of hydrogen-bond donors (Lipinski definition) is 0. The average molecular weight is 717 g/mol. The lowest BCUT2D eigenvalue weighted by atomic mass is 10.0. The monoisotopic (exact) mass is 716 g/mol. The molecule has 0 aliphatic carbocycles. The first-order valence-corrected chi connectivity index (χ1v) is 22.2. The van der Waals surface area contributed by atoms with E-state index in [4.69, 9.17) is 18.8 Å². The maximum atomic E-state index is 6.56. The second-order valence-corrected chi connectivity index (χ2v) is 16.8. The normalized spacial score (nSPS) is 11.9. The van der Waals surface area contributed by atoms with Crippen molar-refractivity contribution in [2.24, 2.45) is 0 Å². The molecule has 6 heteroatoms. The number of aromatic nitrogens is 2. The zero-order valence-corrected chi connectivity index (χ0v) is 33.4. The zero-order chi connectivity index (χ0) is 35.0. The zero-order valence-electron chi connectivity index (χ0n) is 31.8. The molecular weight excluding hydrogens is 653 g/mol. The van der Waals surface area contributed by atoms with Gasteiger partial charge in [-0.15, -0.1) is 22.7 Å². The summed E-state index contributed by atoms with van der Waals surface area (Å²) in [5, 5.41) is 0. The Morgan fingerprint density at radius 2 is 0.780 bits per heavy atom. The van der Waals surface area contributed by atoms with Crippen LogP contribution in [0.2, 0.25) is 0 Å². The number of oxazole rings is 2. The number of nitrogens with zero attached hydrogens (tertiary/aromatic N) is 2. The van der Waals surface area contributed by atoms with Crippen LogP contribution in [0.15, 0.2) is 33.1 Å².